The molecule has 1 amide bonds. The molecule has 138 valence electrons. The molecule has 0 aliphatic carbocycles. The zero-order chi connectivity index (χ0) is 18.7. The highest BCUT2D eigenvalue weighted by Crippen LogP contribution is 2.31. The molecule has 0 saturated carbocycles. The van der Waals surface area contributed by atoms with Crippen molar-refractivity contribution in [1.82, 2.24) is 14.9 Å². The molecule has 0 spiro atoms. The van der Waals surface area contributed by atoms with Crippen LogP contribution in [0.2, 0.25) is 0 Å². The molecule has 2 heterocycles. The SMILES string of the molecule is CSc1nnc(C)n1NC(=O)c1ccc(N2CCCCC2)c([N+](=O)[O-])c1. The number of benzene rings is 1. The molecular weight excluding hydrogens is 356 g/mol. The minimum absolute atomic E-state index is 0.0508. The fourth-order valence-corrected chi connectivity index (χ4v) is 3.47. The zero-order valence-corrected chi connectivity index (χ0v) is 15.5. The number of aromatic nitrogens is 3. The van der Waals surface area contributed by atoms with Crippen LogP contribution in [0.15, 0.2) is 23.4 Å². The van der Waals surface area contributed by atoms with Crippen molar-refractivity contribution in [3.05, 3.63) is 39.7 Å². The summed E-state index contributed by atoms with van der Waals surface area (Å²) in [5.74, 6) is 0.0821. The number of nitrogens with one attached hydrogen (secondary N) is 1. The Bertz CT molecular complexity index is 831. The van der Waals surface area contributed by atoms with Gasteiger partial charge in [0.15, 0.2) is 0 Å². The van der Waals surface area contributed by atoms with Crippen LogP contribution >= 0.6 is 11.8 Å². The lowest BCUT2D eigenvalue weighted by Crippen LogP contribution is -2.30. The average Bonchev–Trinajstić information content (AvgIpc) is 3.01. The second-order valence-corrected chi connectivity index (χ2v) is 6.79. The molecule has 0 bridgehead atoms. The monoisotopic (exact) mass is 376 g/mol. The van der Waals surface area contributed by atoms with E-state index in [1.54, 1.807) is 19.1 Å². The first-order chi connectivity index (χ1) is 12.5. The molecule has 10 heteroatoms. The number of hydrogen-bond acceptors (Lipinski definition) is 7. The predicted molar refractivity (Wildman–Crippen MR) is 99.4 cm³/mol. The van der Waals surface area contributed by atoms with Gasteiger partial charge in [-0.3, -0.25) is 20.3 Å². The molecule has 26 heavy (non-hydrogen) atoms. The first-order valence-corrected chi connectivity index (χ1v) is 9.54. The standard InChI is InChI=1S/C16H20N6O3S/c1-11-17-18-16(26-2)21(11)19-15(23)12-6-7-13(14(10-12)22(24)25)20-8-4-3-5-9-20/h6-7,10H,3-5,8-9H2,1-2H3,(H,19,23). The number of carbonyl (C=O) groups excluding carboxylic acids is 1. The maximum absolute atomic E-state index is 12.6. The molecule has 1 fully saturated rings. The highest BCUT2D eigenvalue weighted by molar-refractivity contribution is 7.98. The number of amides is 1. The lowest BCUT2D eigenvalue weighted by atomic mass is 10.1. The van der Waals surface area contributed by atoms with Gasteiger partial charge in [-0.1, -0.05) is 11.8 Å². The van der Waals surface area contributed by atoms with E-state index in [4.69, 9.17) is 0 Å². The molecule has 1 N–H and O–H groups in total. The first-order valence-electron chi connectivity index (χ1n) is 8.32. The van der Waals surface area contributed by atoms with Crippen LogP contribution in [0.1, 0.15) is 35.4 Å². The lowest BCUT2D eigenvalue weighted by molar-refractivity contribution is -0.384. The summed E-state index contributed by atoms with van der Waals surface area (Å²) >= 11 is 1.34. The van der Waals surface area contributed by atoms with Crippen molar-refractivity contribution in [2.45, 2.75) is 31.3 Å². The molecule has 1 saturated heterocycles. The molecule has 9 nitrogen and oxygen atoms in total. The quantitative estimate of drug-likeness (QED) is 0.485. The van der Waals surface area contributed by atoms with Crippen molar-refractivity contribution in [3.8, 4) is 0 Å². The van der Waals surface area contributed by atoms with Crippen molar-refractivity contribution in [2.24, 2.45) is 0 Å². The summed E-state index contributed by atoms with van der Waals surface area (Å²) in [7, 11) is 0. The fourth-order valence-electron chi connectivity index (χ4n) is 2.98. The van der Waals surface area contributed by atoms with Crippen LogP contribution in [0.25, 0.3) is 0 Å². The summed E-state index contributed by atoms with van der Waals surface area (Å²) in [6.45, 7) is 3.31. The highest BCUT2D eigenvalue weighted by atomic mass is 32.2. The van der Waals surface area contributed by atoms with E-state index in [2.05, 4.69) is 15.6 Å². The Hall–Kier alpha value is -2.62. The summed E-state index contributed by atoms with van der Waals surface area (Å²) in [5.41, 5.74) is 3.42. The largest absolute Gasteiger partial charge is 0.366 e. The molecule has 3 rings (SSSR count). The summed E-state index contributed by atoms with van der Waals surface area (Å²) in [6.07, 6.45) is 5.00. The van der Waals surface area contributed by atoms with Crippen LogP contribution < -0.4 is 10.3 Å². The molecule has 2 aromatic rings. The number of aryl methyl sites for hydroxylation is 1. The Morgan fingerprint density at radius 2 is 2.00 bits per heavy atom. The number of hydrogen-bond donors (Lipinski definition) is 1. The van der Waals surface area contributed by atoms with Gasteiger partial charge in [0.1, 0.15) is 11.5 Å². The lowest BCUT2D eigenvalue weighted by Gasteiger charge is -2.28. The topological polar surface area (TPSA) is 106 Å². The number of anilines is 1. The third-order valence-electron chi connectivity index (χ3n) is 4.32. The Kier molecular flexibility index (Phi) is 5.40. The van der Waals surface area contributed by atoms with E-state index >= 15 is 0 Å². The van der Waals surface area contributed by atoms with Crippen LogP contribution in [-0.4, -0.2) is 45.0 Å². The number of nitro groups is 1. The van der Waals surface area contributed by atoms with Crippen LogP contribution in [0.5, 0.6) is 0 Å². The van der Waals surface area contributed by atoms with Gasteiger partial charge in [-0.2, -0.15) is 0 Å². The maximum atomic E-state index is 12.6. The smallest absolute Gasteiger partial charge is 0.293 e. The van der Waals surface area contributed by atoms with Crippen molar-refractivity contribution >= 4 is 29.0 Å². The second kappa shape index (κ2) is 7.73. The van der Waals surface area contributed by atoms with Gasteiger partial charge in [-0.25, -0.2) is 4.68 Å². The summed E-state index contributed by atoms with van der Waals surface area (Å²) in [4.78, 5) is 25.7. The number of nitrogens with zero attached hydrogens (tertiary/aromatic N) is 5. The fraction of sp³-hybridized carbons (Fsp3) is 0.438. The molecule has 1 aliphatic heterocycles. The molecule has 1 aromatic carbocycles. The minimum atomic E-state index is -0.448. The molecule has 0 radical (unpaired) electrons. The molecule has 0 atom stereocenters. The van der Waals surface area contributed by atoms with Crippen molar-refractivity contribution in [2.75, 3.05) is 29.7 Å². The Labute approximate surface area is 154 Å². The van der Waals surface area contributed by atoms with E-state index < -0.39 is 10.8 Å². The Morgan fingerprint density at radius 1 is 1.27 bits per heavy atom. The third-order valence-corrected chi connectivity index (χ3v) is 4.95. The van der Waals surface area contributed by atoms with E-state index in [0.29, 0.717) is 16.7 Å². The first kappa shape index (κ1) is 18.2. The van der Waals surface area contributed by atoms with Crippen molar-refractivity contribution in [1.29, 1.82) is 0 Å². The molecular formula is C16H20N6O3S. The number of carbonyl (C=O) groups is 1. The normalized spacial score (nSPS) is 14.3. The number of piperidine rings is 1. The summed E-state index contributed by atoms with van der Waals surface area (Å²) < 4.78 is 1.47. The summed E-state index contributed by atoms with van der Waals surface area (Å²) in [5, 5.41) is 19.9. The minimum Gasteiger partial charge on any atom is -0.366 e. The van der Waals surface area contributed by atoms with E-state index in [-0.39, 0.29) is 11.3 Å². The number of nitro benzene ring substituents is 1. The van der Waals surface area contributed by atoms with Crippen LogP contribution in [-0.2, 0) is 0 Å². The number of thioether (sulfide) groups is 1. The molecule has 1 aliphatic rings. The van der Waals surface area contributed by atoms with E-state index in [1.165, 1.54) is 22.5 Å². The van der Waals surface area contributed by atoms with Gasteiger partial charge in [-0.15, -0.1) is 10.2 Å². The van der Waals surface area contributed by atoms with Gasteiger partial charge in [0.2, 0.25) is 5.16 Å². The van der Waals surface area contributed by atoms with Gasteiger partial charge < -0.3 is 4.90 Å². The molecule has 0 unspecified atom stereocenters. The van der Waals surface area contributed by atoms with Crippen LogP contribution in [0.3, 0.4) is 0 Å². The van der Waals surface area contributed by atoms with Crippen molar-refractivity contribution in [3.63, 3.8) is 0 Å². The maximum Gasteiger partial charge on any atom is 0.293 e. The van der Waals surface area contributed by atoms with E-state index in [0.717, 1.165) is 32.4 Å². The second-order valence-electron chi connectivity index (χ2n) is 6.02. The Balaban J connectivity index is 1.88. The van der Waals surface area contributed by atoms with Crippen LogP contribution in [0, 0.1) is 17.0 Å². The third kappa shape index (κ3) is 3.64. The van der Waals surface area contributed by atoms with Gasteiger partial charge in [0, 0.05) is 24.7 Å². The van der Waals surface area contributed by atoms with Gasteiger partial charge in [0.25, 0.3) is 11.6 Å². The molecule has 1 aromatic heterocycles. The Morgan fingerprint density at radius 3 is 2.65 bits per heavy atom. The van der Waals surface area contributed by atoms with E-state index in [1.807, 2.05) is 11.2 Å². The van der Waals surface area contributed by atoms with Gasteiger partial charge in [-0.05, 0) is 44.6 Å². The van der Waals surface area contributed by atoms with Gasteiger partial charge in [0.05, 0.1) is 4.92 Å². The average molecular weight is 376 g/mol. The highest BCUT2D eigenvalue weighted by Gasteiger charge is 2.23. The summed E-state index contributed by atoms with van der Waals surface area (Å²) in [6, 6.07) is 4.61. The van der Waals surface area contributed by atoms with Crippen LogP contribution in [0.4, 0.5) is 11.4 Å². The zero-order valence-electron chi connectivity index (χ0n) is 14.6. The van der Waals surface area contributed by atoms with E-state index in [9.17, 15) is 14.9 Å². The predicted octanol–water partition coefficient (Wildman–Crippen LogP) is 2.59. The van der Waals surface area contributed by atoms with Gasteiger partial charge >= 0.3 is 0 Å². The number of rotatable bonds is 5. The van der Waals surface area contributed by atoms with Crippen molar-refractivity contribution < 1.29 is 9.72 Å².